The molecular formula is C15H14F2N2O. The highest BCUT2D eigenvalue weighted by atomic mass is 19.2. The molecule has 0 aliphatic rings. The Bertz CT molecular complexity index is 629. The topological polar surface area (TPSA) is 41.1 Å². The quantitative estimate of drug-likeness (QED) is 0.901. The molecule has 0 heterocycles. The monoisotopic (exact) mass is 276 g/mol. The predicted molar refractivity (Wildman–Crippen MR) is 73.5 cm³/mol. The Labute approximate surface area is 115 Å². The third-order valence-corrected chi connectivity index (χ3v) is 2.87. The van der Waals surface area contributed by atoms with Gasteiger partial charge in [-0.15, -0.1) is 0 Å². The van der Waals surface area contributed by atoms with E-state index in [1.165, 1.54) is 12.1 Å². The van der Waals surface area contributed by atoms with Gasteiger partial charge in [-0.2, -0.15) is 0 Å². The SMILES string of the molecule is CNC(=O)c1cccc(NCc2cccc(F)c2F)c1. The molecule has 0 aliphatic heterocycles. The fourth-order valence-corrected chi connectivity index (χ4v) is 1.80. The lowest BCUT2D eigenvalue weighted by Crippen LogP contribution is -2.17. The van der Waals surface area contributed by atoms with E-state index in [2.05, 4.69) is 10.6 Å². The lowest BCUT2D eigenvalue weighted by molar-refractivity contribution is 0.0963. The molecule has 2 aromatic rings. The Morgan fingerprint density at radius 2 is 1.90 bits per heavy atom. The summed E-state index contributed by atoms with van der Waals surface area (Å²) in [6.07, 6.45) is 0. The third-order valence-electron chi connectivity index (χ3n) is 2.87. The maximum atomic E-state index is 13.5. The van der Waals surface area contributed by atoms with Crippen LogP contribution in [-0.2, 0) is 6.54 Å². The highest BCUT2D eigenvalue weighted by Gasteiger charge is 2.08. The Kier molecular flexibility index (Phi) is 4.30. The lowest BCUT2D eigenvalue weighted by Gasteiger charge is -2.09. The number of hydrogen-bond acceptors (Lipinski definition) is 2. The van der Waals surface area contributed by atoms with E-state index in [1.54, 1.807) is 31.3 Å². The number of rotatable bonds is 4. The van der Waals surface area contributed by atoms with Crippen molar-refractivity contribution in [2.45, 2.75) is 6.54 Å². The van der Waals surface area contributed by atoms with Gasteiger partial charge in [-0.3, -0.25) is 4.79 Å². The van der Waals surface area contributed by atoms with Gasteiger partial charge in [0.25, 0.3) is 5.91 Å². The second kappa shape index (κ2) is 6.14. The average molecular weight is 276 g/mol. The van der Waals surface area contributed by atoms with E-state index in [4.69, 9.17) is 0 Å². The van der Waals surface area contributed by atoms with Gasteiger partial charge in [0.15, 0.2) is 11.6 Å². The van der Waals surface area contributed by atoms with Crippen molar-refractivity contribution in [3.63, 3.8) is 0 Å². The van der Waals surface area contributed by atoms with Gasteiger partial charge >= 0.3 is 0 Å². The minimum atomic E-state index is -0.872. The standard InChI is InChI=1S/C15H14F2N2O/c1-18-15(20)10-4-2-6-12(8-10)19-9-11-5-3-7-13(16)14(11)17/h2-8,19H,9H2,1H3,(H,18,20). The van der Waals surface area contributed by atoms with Gasteiger partial charge in [0.2, 0.25) is 0 Å². The Balaban J connectivity index is 2.11. The number of halogens is 2. The van der Waals surface area contributed by atoms with Gasteiger partial charge in [0, 0.05) is 30.4 Å². The van der Waals surface area contributed by atoms with E-state index in [9.17, 15) is 13.6 Å². The normalized spacial score (nSPS) is 10.2. The summed E-state index contributed by atoms with van der Waals surface area (Å²) in [5.74, 6) is -1.93. The third kappa shape index (κ3) is 3.12. The number of nitrogens with one attached hydrogen (secondary N) is 2. The lowest BCUT2D eigenvalue weighted by atomic mass is 10.1. The molecule has 0 saturated heterocycles. The molecule has 1 amide bonds. The van der Waals surface area contributed by atoms with Crippen LogP contribution >= 0.6 is 0 Å². The molecule has 0 aliphatic carbocycles. The first-order chi connectivity index (χ1) is 9.61. The summed E-state index contributed by atoms with van der Waals surface area (Å²) in [7, 11) is 1.55. The molecule has 0 unspecified atom stereocenters. The van der Waals surface area contributed by atoms with Crippen molar-refractivity contribution >= 4 is 11.6 Å². The Morgan fingerprint density at radius 1 is 1.15 bits per heavy atom. The molecule has 3 nitrogen and oxygen atoms in total. The van der Waals surface area contributed by atoms with E-state index in [-0.39, 0.29) is 18.0 Å². The minimum Gasteiger partial charge on any atom is -0.381 e. The van der Waals surface area contributed by atoms with Gasteiger partial charge < -0.3 is 10.6 Å². The van der Waals surface area contributed by atoms with Crippen LogP contribution in [0.1, 0.15) is 15.9 Å². The van der Waals surface area contributed by atoms with Crippen molar-refractivity contribution < 1.29 is 13.6 Å². The van der Waals surface area contributed by atoms with Gasteiger partial charge in [0.05, 0.1) is 0 Å². The fraction of sp³-hybridized carbons (Fsp3) is 0.133. The summed E-state index contributed by atoms with van der Waals surface area (Å²) in [6.45, 7) is 0.140. The molecule has 5 heteroatoms. The van der Waals surface area contributed by atoms with Crippen LogP contribution in [0.5, 0.6) is 0 Å². The van der Waals surface area contributed by atoms with Gasteiger partial charge in [-0.05, 0) is 24.3 Å². The van der Waals surface area contributed by atoms with E-state index in [0.29, 0.717) is 11.3 Å². The number of anilines is 1. The van der Waals surface area contributed by atoms with Crippen LogP contribution in [0.25, 0.3) is 0 Å². The number of benzene rings is 2. The summed E-state index contributed by atoms with van der Waals surface area (Å²) in [6, 6.07) is 10.8. The second-order valence-corrected chi connectivity index (χ2v) is 4.23. The number of amides is 1. The first kappa shape index (κ1) is 14.0. The Morgan fingerprint density at radius 3 is 2.65 bits per heavy atom. The van der Waals surface area contributed by atoms with Crippen LogP contribution in [0.3, 0.4) is 0 Å². The largest absolute Gasteiger partial charge is 0.381 e. The zero-order valence-corrected chi connectivity index (χ0v) is 10.9. The number of carbonyl (C=O) groups is 1. The van der Waals surface area contributed by atoms with Crippen molar-refractivity contribution in [2.75, 3.05) is 12.4 Å². The maximum absolute atomic E-state index is 13.5. The number of carbonyl (C=O) groups excluding carboxylic acids is 1. The van der Waals surface area contributed by atoms with Crippen molar-refractivity contribution in [3.05, 3.63) is 65.2 Å². The molecule has 0 bridgehead atoms. The molecular weight excluding hydrogens is 262 g/mol. The Hall–Kier alpha value is -2.43. The van der Waals surface area contributed by atoms with Crippen LogP contribution < -0.4 is 10.6 Å². The molecule has 104 valence electrons. The van der Waals surface area contributed by atoms with Crippen LogP contribution in [0.4, 0.5) is 14.5 Å². The zero-order valence-electron chi connectivity index (χ0n) is 10.9. The molecule has 0 saturated carbocycles. The van der Waals surface area contributed by atoms with Gasteiger partial charge in [-0.25, -0.2) is 8.78 Å². The van der Waals surface area contributed by atoms with Crippen molar-refractivity contribution in [1.82, 2.24) is 5.32 Å². The molecule has 0 aromatic heterocycles. The van der Waals surface area contributed by atoms with Crippen LogP contribution in [0, 0.1) is 11.6 Å². The summed E-state index contributed by atoms with van der Waals surface area (Å²) in [5.41, 5.74) is 1.39. The fourth-order valence-electron chi connectivity index (χ4n) is 1.80. The summed E-state index contributed by atoms with van der Waals surface area (Å²) in [4.78, 5) is 11.5. The van der Waals surface area contributed by atoms with Gasteiger partial charge in [0.1, 0.15) is 0 Å². The first-order valence-electron chi connectivity index (χ1n) is 6.10. The van der Waals surface area contributed by atoms with Crippen molar-refractivity contribution in [1.29, 1.82) is 0 Å². The minimum absolute atomic E-state index is 0.140. The first-order valence-corrected chi connectivity index (χ1v) is 6.10. The molecule has 0 spiro atoms. The smallest absolute Gasteiger partial charge is 0.251 e. The highest BCUT2D eigenvalue weighted by Crippen LogP contribution is 2.15. The van der Waals surface area contributed by atoms with Gasteiger partial charge in [-0.1, -0.05) is 18.2 Å². The summed E-state index contributed by atoms with van der Waals surface area (Å²) in [5, 5.41) is 5.48. The molecule has 2 N–H and O–H groups in total. The molecule has 20 heavy (non-hydrogen) atoms. The summed E-state index contributed by atoms with van der Waals surface area (Å²) >= 11 is 0. The summed E-state index contributed by atoms with van der Waals surface area (Å²) < 4.78 is 26.6. The molecule has 2 rings (SSSR count). The molecule has 0 radical (unpaired) electrons. The van der Waals surface area contributed by atoms with Crippen LogP contribution in [-0.4, -0.2) is 13.0 Å². The van der Waals surface area contributed by atoms with Crippen LogP contribution in [0.2, 0.25) is 0 Å². The zero-order chi connectivity index (χ0) is 14.5. The predicted octanol–water partition coefficient (Wildman–Crippen LogP) is 2.94. The average Bonchev–Trinajstić information content (AvgIpc) is 2.48. The van der Waals surface area contributed by atoms with E-state index in [0.717, 1.165) is 6.07 Å². The molecule has 0 fully saturated rings. The number of hydrogen-bond donors (Lipinski definition) is 2. The van der Waals surface area contributed by atoms with Crippen molar-refractivity contribution in [2.24, 2.45) is 0 Å². The second-order valence-electron chi connectivity index (χ2n) is 4.23. The maximum Gasteiger partial charge on any atom is 0.251 e. The van der Waals surface area contributed by atoms with Crippen molar-refractivity contribution in [3.8, 4) is 0 Å². The van der Waals surface area contributed by atoms with E-state index in [1.807, 2.05) is 0 Å². The molecule has 0 atom stereocenters. The van der Waals surface area contributed by atoms with E-state index < -0.39 is 11.6 Å². The molecule has 2 aromatic carbocycles. The van der Waals surface area contributed by atoms with E-state index >= 15 is 0 Å². The highest BCUT2D eigenvalue weighted by molar-refractivity contribution is 5.94. The van der Waals surface area contributed by atoms with Crippen LogP contribution in [0.15, 0.2) is 42.5 Å².